The fourth-order valence-electron chi connectivity index (χ4n) is 4.67. The van der Waals surface area contributed by atoms with Crippen molar-refractivity contribution in [2.45, 2.75) is 68.8 Å². The Morgan fingerprint density at radius 3 is 2.40 bits per heavy atom. The monoisotopic (exact) mass is 364 g/mol. The van der Waals surface area contributed by atoms with Crippen LogP contribution in [0.3, 0.4) is 0 Å². The van der Waals surface area contributed by atoms with Crippen molar-refractivity contribution in [2.24, 2.45) is 0 Å². The number of rotatable bonds is 4. The molecule has 1 atom stereocenters. The van der Waals surface area contributed by atoms with Crippen LogP contribution in [0.25, 0.3) is 0 Å². The van der Waals surface area contributed by atoms with Crippen LogP contribution < -0.4 is 0 Å². The molecule has 138 valence electrons. The lowest BCUT2D eigenvalue weighted by molar-refractivity contribution is -0.130. The third kappa shape index (κ3) is 3.34. The summed E-state index contributed by atoms with van der Waals surface area (Å²) >= 11 is 0. The van der Waals surface area contributed by atoms with Gasteiger partial charge in [-0.2, -0.15) is 4.31 Å². The van der Waals surface area contributed by atoms with Crippen LogP contribution in [0.2, 0.25) is 0 Å². The van der Waals surface area contributed by atoms with Crippen molar-refractivity contribution in [3.05, 3.63) is 30.3 Å². The summed E-state index contributed by atoms with van der Waals surface area (Å²) in [6.45, 7) is 4.56. The maximum Gasteiger partial charge on any atom is 0.243 e. The molecule has 6 heteroatoms. The van der Waals surface area contributed by atoms with Gasteiger partial charge in [-0.1, -0.05) is 37.5 Å². The first-order valence-electron chi connectivity index (χ1n) is 9.26. The highest BCUT2D eigenvalue weighted by Gasteiger charge is 2.52. The highest BCUT2D eigenvalue weighted by atomic mass is 32.2. The Labute approximate surface area is 151 Å². The number of nitrogens with zero attached hydrogens (tertiary/aromatic N) is 2. The number of sulfonamides is 1. The van der Waals surface area contributed by atoms with Crippen LogP contribution in [-0.2, 0) is 14.8 Å². The fourth-order valence-corrected chi connectivity index (χ4v) is 6.56. The molecule has 1 heterocycles. The van der Waals surface area contributed by atoms with Crippen LogP contribution in [0.15, 0.2) is 35.2 Å². The van der Waals surface area contributed by atoms with Gasteiger partial charge in [0.15, 0.2) is 0 Å². The quantitative estimate of drug-likeness (QED) is 0.825. The maximum atomic E-state index is 13.4. The summed E-state index contributed by atoms with van der Waals surface area (Å²) in [5.74, 6) is 0.0254. The summed E-state index contributed by atoms with van der Waals surface area (Å²) in [6.07, 6.45) is 5.82. The van der Waals surface area contributed by atoms with Gasteiger partial charge in [0.25, 0.3) is 0 Å². The van der Waals surface area contributed by atoms with E-state index < -0.39 is 10.0 Å². The molecule has 0 N–H and O–H groups in total. The molecule has 2 aliphatic rings. The van der Waals surface area contributed by atoms with Crippen molar-refractivity contribution < 1.29 is 13.2 Å². The first kappa shape index (κ1) is 18.4. The SMILES string of the molecule is CCN(C(C)=O)[C@@H]1CN(S(=O)(=O)c2ccccc2)C2(CCCCC2)C1. The number of carbonyl (C=O) groups is 1. The van der Waals surface area contributed by atoms with Crippen LogP contribution in [0, 0.1) is 0 Å². The molecule has 3 rings (SSSR count). The van der Waals surface area contributed by atoms with Gasteiger partial charge >= 0.3 is 0 Å². The number of amides is 1. The first-order chi connectivity index (χ1) is 11.9. The van der Waals surface area contributed by atoms with Crippen molar-refractivity contribution in [3.8, 4) is 0 Å². The van der Waals surface area contributed by atoms with Gasteiger partial charge in [0.1, 0.15) is 0 Å². The Morgan fingerprint density at radius 2 is 1.84 bits per heavy atom. The summed E-state index contributed by atoms with van der Waals surface area (Å²) in [7, 11) is -3.55. The Balaban J connectivity index is 1.99. The molecule has 1 spiro atoms. The summed E-state index contributed by atoms with van der Waals surface area (Å²) < 4.78 is 28.4. The van der Waals surface area contributed by atoms with E-state index in [9.17, 15) is 13.2 Å². The van der Waals surface area contributed by atoms with E-state index >= 15 is 0 Å². The number of likely N-dealkylation sites (N-methyl/N-ethyl adjacent to an activating group) is 1. The van der Waals surface area contributed by atoms with Crippen molar-refractivity contribution in [2.75, 3.05) is 13.1 Å². The van der Waals surface area contributed by atoms with Crippen molar-refractivity contribution in [1.29, 1.82) is 0 Å². The zero-order valence-electron chi connectivity index (χ0n) is 15.1. The predicted octanol–water partition coefficient (Wildman–Crippen LogP) is 3.02. The molecule has 0 bridgehead atoms. The lowest BCUT2D eigenvalue weighted by Gasteiger charge is -2.40. The fraction of sp³-hybridized carbons (Fsp3) is 0.632. The van der Waals surface area contributed by atoms with E-state index in [4.69, 9.17) is 0 Å². The zero-order chi connectivity index (χ0) is 18.1. The Morgan fingerprint density at radius 1 is 1.20 bits per heavy atom. The Bertz CT molecular complexity index is 711. The zero-order valence-corrected chi connectivity index (χ0v) is 16.0. The largest absolute Gasteiger partial charge is 0.339 e. The Kier molecular flexibility index (Phi) is 5.21. The molecule has 0 unspecified atom stereocenters. The third-order valence-corrected chi connectivity index (χ3v) is 7.81. The standard InChI is InChI=1S/C19H28N2O3S/c1-3-20(16(2)22)17-14-19(12-8-5-9-13-19)21(15-17)25(23,24)18-10-6-4-7-11-18/h4,6-7,10-11,17H,3,5,8-9,12-15H2,1-2H3/t17-/m0/s1. The van der Waals surface area contributed by atoms with Gasteiger partial charge in [-0.25, -0.2) is 8.42 Å². The van der Waals surface area contributed by atoms with Gasteiger partial charge in [0.05, 0.1) is 4.90 Å². The van der Waals surface area contributed by atoms with Gasteiger partial charge in [0.2, 0.25) is 15.9 Å². The lowest BCUT2D eigenvalue weighted by Crippen LogP contribution is -2.48. The normalized spacial score (nSPS) is 23.7. The maximum absolute atomic E-state index is 13.4. The van der Waals surface area contributed by atoms with E-state index in [1.807, 2.05) is 17.9 Å². The molecule has 1 aliphatic carbocycles. The van der Waals surface area contributed by atoms with E-state index in [1.54, 1.807) is 35.5 Å². The van der Waals surface area contributed by atoms with Crippen LogP contribution in [0.1, 0.15) is 52.4 Å². The molecule has 1 amide bonds. The van der Waals surface area contributed by atoms with E-state index in [2.05, 4.69) is 0 Å². The summed E-state index contributed by atoms with van der Waals surface area (Å²) in [5, 5.41) is 0. The molecule has 5 nitrogen and oxygen atoms in total. The predicted molar refractivity (Wildman–Crippen MR) is 97.6 cm³/mol. The molecular formula is C19H28N2O3S. The Hall–Kier alpha value is -1.40. The molecule has 0 radical (unpaired) electrons. The number of hydrogen-bond acceptors (Lipinski definition) is 3. The number of carbonyl (C=O) groups excluding carboxylic acids is 1. The molecule has 0 aromatic heterocycles. The van der Waals surface area contributed by atoms with Crippen molar-refractivity contribution >= 4 is 15.9 Å². The van der Waals surface area contributed by atoms with Crippen molar-refractivity contribution in [3.63, 3.8) is 0 Å². The van der Waals surface area contributed by atoms with Gasteiger partial charge in [0, 0.05) is 31.6 Å². The van der Waals surface area contributed by atoms with Crippen LogP contribution in [0.4, 0.5) is 0 Å². The number of hydrogen-bond donors (Lipinski definition) is 0. The van der Waals surface area contributed by atoms with E-state index in [0.717, 1.165) is 38.5 Å². The summed E-state index contributed by atoms with van der Waals surface area (Å²) in [4.78, 5) is 14.2. The molecule has 25 heavy (non-hydrogen) atoms. The van der Waals surface area contributed by atoms with E-state index in [1.165, 1.54) is 0 Å². The topological polar surface area (TPSA) is 57.7 Å². The molecule has 1 aliphatic heterocycles. The lowest BCUT2D eigenvalue weighted by atomic mass is 9.80. The number of benzene rings is 1. The van der Waals surface area contributed by atoms with Crippen LogP contribution >= 0.6 is 0 Å². The van der Waals surface area contributed by atoms with Gasteiger partial charge in [-0.05, 0) is 38.3 Å². The average molecular weight is 365 g/mol. The van der Waals surface area contributed by atoms with Gasteiger partial charge in [-0.15, -0.1) is 0 Å². The van der Waals surface area contributed by atoms with Gasteiger partial charge < -0.3 is 4.90 Å². The smallest absolute Gasteiger partial charge is 0.243 e. The van der Waals surface area contributed by atoms with E-state index in [0.29, 0.717) is 18.0 Å². The minimum Gasteiger partial charge on any atom is -0.339 e. The van der Waals surface area contributed by atoms with E-state index in [-0.39, 0.29) is 17.5 Å². The molecular weight excluding hydrogens is 336 g/mol. The molecule has 1 aromatic rings. The summed E-state index contributed by atoms with van der Waals surface area (Å²) in [6, 6.07) is 8.67. The molecule has 1 saturated heterocycles. The summed E-state index contributed by atoms with van der Waals surface area (Å²) in [5.41, 5.74) is -0.333. The molecule has 2 fully saturated rings. The highest BCUT2D eigenvalue weighted by Crippen LogP contribution is 2.45. The van der Waals surface area contributed by atoms with Crippen LogP contribution in [-0.4, -0.2) is 48.2 Å². The molecule has 1 saturated carbocycles. The molecule has 1 aromatic carbocycles. The second-order valence-electron chi connectivity index (χ2n) is 7.30. The highest BCUT2D eigenvalue weighted by molar-refractivity contribution is 7.89. The van der Waals surface area contributed by atoms with Gasteiger partial charge in [-0.3, -0.25) is 4.79 Å². The minimum absolute atomic E-state index is 0.0254. The third-order valence-electron chi connectivity index (χ3n) is 5.82. The second kappa shape index (κ2) is 7.08. The van der Waals surface area contributed by atoms with Crippen LogP contribution in [0.5, 0.6) is 0 Å². The van der Waals surface area contributed by atoms with Crippen molar-refractivity contribution in [1.82, 2.24) is 9.21 Å². The minimum atomic E-state index is -3.55. The second-order valence-corrected chi connectivity index (χ2v) is 9.16. The first-order valence-corrected chi connectivity index (χ1v) is 10.7. The average Bonchev–Trinajstić information content (AvgIpc) is 2.96.